The Labute approximate surface area is 107 Å². The molecule has 1 rings (SSSR count). The summed E-state index contributed by atoms with van der Waals surface area (Å²) in [6, 6.07) is 4.15. The second-order valence-electron chi connectivity index (χ2n) is 3.00. The van der Waals surface area contributed by atoms with Crippen LogP contribution in [0.5, 0.6) is 0 Å². The summed E-state index contributed by atoms with van der Waals surface area (Å²) in [5, 5.41) is 19.6. The van der Waals surface area contributed by atoms with Crippen molar-refractivity contribution in [2.75, 3.05) is 5.32 Å². The standard InChI is InChI=1S/C10H6Cl2N2O3/c11-5-3-6(12)9(10(16)17)7(4-5)14-8(15)1-2-13/h3-4H,1H2,(H,14,15)(H,16,17). The summed E-state index contributed by atoms with van der Waals surface area (Å²) in [5.41, 5.74) is -0.294. The number of nitriles is 1. The van der Waals surface area contributed by atoms with Gasteiger partial charge >= 0.3 is 5.97 Å². The van der Waals surface area contributed by atoms with Gasteiger partial charge in [0.05, 0.1) is 16.8 Å². The second kappa shape index (κ2) is 5.53. The lowest BCUT2D eigenvalue weighted by Gasteiger charge is -2.09. The molecule has 0 spiro atoms. The predicted molar refractivity (Wildman–Crippen MR) is 62.3 cm³/mol. The highest BCUT2D eigenvalue weighted by atomic mass is 35.5. The quantitative estimate of drug-likeness (QED) is 0.885. The predicted octanol–water partition coefficient (Wildman–Crippen LogP) is 2.54. The Balaban J connectivity index is 3.18. The Bertz CT molecular complexity index is 523. The molecule has 2 N–H and O–H groups in total. The molecule has 0 atom stereocenters. The number of hydrogen-bond donors (Lipinski definition) is 2. The van der Waals surface area contributed by atoms with Gasteiger partial charge in [-0.05, 0) is 12.1 Å². The van der Waals surface area contributed by atoms with Crippen molar-refractivity contribution in [2.45, 2.75) is 6.42 Å². The minimum Gasteiger partial charge on any atom is -0.478 e. The van der Waals surface area contributed by atoms with Crippen LogP contribution in [0.4, 0.5) is 5.69 Å². The van der Waals surface area contributed by atoms with Gasteiger partial charge in [0.25, 0.3) is 0 Å². The molecule has 0 bridgehead atoms. The van der Waals surface area contributed by atoms with Crippen molar-refractivity contribution >= 4 is 40.8 Å². The van der Waals surface area contributed by atoms with E-state index in [0.29, 0.717) is 0 Å². The molecule has 0 unspecified atom stereocenters. The molecule has 0 heterocycles. The fraction of sp³-hybridized carbons (Fsp3) is 0.100. The zero-order valence-electron chi connectivity index (χ0n) is 8.33. The second-order valence-corrected chi connectivity index (χ2v) is 3.84. The summed E-state index contributed by atoms with van der Waals surface area (Å²) in [6.45, 7) is 0. The van der Waals surface area contributed by atoms with Crippen molar-refractivity contribution in [3.8, 4) is 6.07 Å². The van der Waals surface area contributed by atoms with Crippen LogP contribution in [0.1, 0.15) is 16.8 Å². The molecular formula is C10H6Cl2N2O3. The molecule has 0 aromatic heterocycles. The number of rotatable bonds is 3. The third-order valence-corrected chi connectivity index (χ3v) is 2.30. The smallest absolute Gasteiger partial charge is 0.339 e. The van der Waals surface area contributed by atoms with Gasteiger partial charge in [-0.15, -0.1) is 0 Å². The first-order chi connectivity index (χ1) is 7.95. The first-order valence-corrected chi connectivity index (χ1v) is 5.10. The van der Waals surface area contributed by atoms with E-state index < -0.39 is 11.9 Å². The highest BCUT2D eigenvalue weighted by Crippen LogP contribution is 2.29. The van der Waals surface area contributed by atoms with Crippen LogP contribution in [0.25, 0.3) is 0 Å². The van der Waals surface area contributed by atoms with Crippen LogP contribution in [0.15, 0.2) is 12.1 Å². The van der Waals surface area contributed by atoms with Crippen LogP contribution in [0, 0.1) is 11.3 Å². The van der Waals surface area contributed by atoms with Gasteiger partial charge in [0.15, 0.2) is 0 Å². The van der Waals surface area contributed by atoms with Crippen LogP contribution >= 0.6 is 23.2 Å². The number of nitrogens with zero attached hydrogens (tertiary/aromatic N) is 1. The minimum atomic E-state index is -1.29. The lowest BCUT2D eigenvalue weighted by Crippen LogP contribution is -2.14. The third-order valence-electron chi connectivity index (χ3n) is 1.78. The first-order valence-electron chi connectivity index (χ1n) is 4.35. The summed E-state index contributed by atoms with van der Waals surface area (Å²) >= 11 is 11.4. The number of hydrogen-bond acceptors (Lipinski definition) is 3. The average Bonchev–Trinajstić information content (AvgIpc) is 2.15. The SMILES string of the molecule is N#CCC(=O)Nc1cc(Cl)cc(Cl)c1C(=O)O. The van der Waals surface area contributed by atoms with Gasteiger partial charge < -0.3 is 10.4 Å². The molecule has 0 radical (unpaired) electrons. The van der Waals surface area contributed by atoms with Crippen LogP contribution in [-0.2, 0) is 4.79 Å². The van der Waals surface area contributed by atoms with E-state index in [2.05, 4.69) is 5.32 Å². The maximum absolute atomic E-state index is 11.2. The summed E-state index contributed by atoms with van der Waals surface area (Å²) in [7, 11) is 0. The lowest BCUT2D eigenvalue weighted by molar-refractivity contribution is -0.115. The number of aromatic carboxylic acids is 1. The van der Waals surface area contributed by atoms with E-state index in [1.54, 1.807) is 6.07 Å². The Morgan fingerprint density at radius 3 is 2.59 bits per heavy atom. The van der Waals surface area contributed by atoms with E-state index in [1.807, 2.05) is 0 Å². The number of carbonyl (C=O) groups is 2. The van der Waals surface area contributed by atoms with Crippen molar-refractivity contribution in [3.63, 3.8) is 0 Å². The lowest BCUT2D eigenvalue weighted by atomic mass is 10.1. The molecule has 7 heteroatoms. The molecule has 88 valence electrons. The van der Waals surface area contributed by atoms with E-state index in [1.165, 1.54) is 12.1 Å². The van der Waals surface area contributed by atoms with Gasteiger partial charge in [0, 0.05) is 5.02 Å². The fourth-order valence-electron chi connectivity index (χ4n) is 1.16. The molecule has 0 saturated heterocycles. The van der Waals surface area contributed by atoms with E-state index in [0.717, 1.165) is 0 Å². The van der Waals surface area contributed by atoms with Crippen molar-refractivity contribution in [1.82, 2.24) is 0 Å². The molecule has 1 amide bonds. The van der Waals surface area contributed by atoms with E-state index >= 15 is 0 Å². The number of carboxylic acids is 1. The van der Waals surface area contributed by atoms with Gasteiger partial charge in [-0.3, -0.25) is 4.79 Å². The van der Waals surface area contributed by atoms with E-state index in [4.69, 9.17) is 33.6 Å². The van der Waals surface area contributed by atoms with E-state index in [-0.39, 0.29) is 27.7 Å². The minimum absolute atomic E-state index is 0.0322. The summed E-state index contributed by atoms with van der Waals surface area (Å²) in [6.07, 6.45) is -0.386. The zero-order valence-corrected chi connectivity index (χ0v) is 9.84. The molecular weight excluding hydrogens is 267 g/mol. The topological polar surface area (TPSA) is 90.2 Å². The highest BCUT2D eigenvalue weighted by molar-refractivity contribution is 6.37. The summed E-state index contributed by atoms with van der Waals surface area (Å²) in [5.74, 6) is -1.92. The number of benzene rings is 1. The van der Waals surface area contributed by atoms with Crippen molar-refractivity contribution < 1.29 is 14.7 Å². The first kappa shape index (κ1) is 13.3. The molecule has 17 heavy (non-hydrogen) atoms. The summed E-state index contributed by atoms with van der Waals surface area (Å²) < 4.78 is 0. The Hall–Kier alpha value is -1.77. The van der Waals surface area contributed by atoms with Crippen molar-refractivity contribution in [1.29, 1.82) is 5.26 Å². The van der Waals surface area contributed by atoms with Crippen molar-refractivity contribution in [2.24, 2.45) is 0 Å². The van der Waals surface area contributed by atoms with Gasteiger partial charge in [0.2, 0.25) is 5.91 Å². The Morgan fingerprint density at radius 1 is 1.41 bits per heavy atom. The number of carboxylic acid groups (broad SMARTS) is 1. The van der Waals surface area contributed by atoms with Gasteiger partial charge in [-0.2, -0.15) is 5.26 Å². The number of halogens is 2. The Morgan fingerprint density at radius 2 is 2.06 bits per heavy atom. The third kappa shape index (κ3) is 3.34. The van der Waals surface area contributed by atoms with E-state index in [9.17, 15) is 9.59 Å². The van der Waals surface area contributed by atoms with Crippen LogP contribution in [0.2, 0.25) is 10.0 Å². The number of nitrogens with one attached hydrogen (secondary N) is 1. The largest absolute Gasteiger partial charge is 0.478 e. The zero-order chi connectivity index (χ0) is 13.0. The molecule has 1 aromatic carbocycles. The molecule has 0 aliphatic heterocycles. The maximum Gasteiger partial charge on any atom is 0.339 e. The molecule has 5 nitrogen and oxygen atoms in total. The number of amides is 1. The van der Waals surface area contributed by atoms with Crippen molar-refractivity contribution in [3.05, 3.63) is 27.7 Å². The number of anilines is 1. The van der Waals surface area contributed by atoms with Gasteiger partial charge in [-0.25, -0.2) is 4.79 Å². The molecule has 0 saturated carbocycles. The van der Waals surface area contributed by atoms with Gasteiger partial charge in [0.1, 0.15) is 12.0 Å². The molecule has 0 fully saturated rings. The van der Waals surface area contributed by atoms with Crippen LogP contribution in [-0.4, -0.2) is 17.0 Å². The Kier molecular flexibility index (Phi) is 4.32. The number of carbonyl (C=O) groups excluding carboxylic acids is 1. The maximum atomic E-state index is 11.2. The van der Waals surface area contributed by atoms with Crippen LogP contribution in [0.3, 0.4) is 0 Å². The molecule has 0 aliphatic carbocycles. The highest BCUT2D eigenvalue weighted by Gasteiger charge is 2.17. The normalized spacial score (nSPS) is 9.47. The molecule has 0 aliphatic rings. The fourth-order valence-corrected chi connectivity index (χ4v) is 1.73. The average molecular weight is 273 g/mol. The van der Waals surface area contributed by atoms with Gasteiger partial charge in [-0.1, -0.05) is 23.2 Å². The molecule has 1 aromatic rings. The monoisotopic (exact) mass is 272 g/mol. The van der Waals surface area contributed by atoms with Crippen LogP contribution < -0.4 is 5.32 Å². The summed E-state index contributed by atoms with van der Waals surface area (Å²) in [4.78, 5) is 22.1.